The number of para-hydroxylation sites is 1. The van der Waals surface area contributed by atoms with Crippen molar-refractivity contribution in [2.45, 2.75) is 30.7 Å². The standard InChI is InChI=1S/C16H20N2O2S/c1-4-7-13-10-15(19)18(2)16(17-13)21-11-12-8-5-6-9-14(12)20-3/h5-6,8-10H,4,7,11H2,1-3H3. The molecular formula is C16H20N2O2S. The van der Waals surface area contributed by atoms with Crippen LogP contribution in [0, 0.1) is 0 Å². The molecule has 5 heteroatoms. The third kappa shape index (κ3) is 3.88. The fourth-order valence-electron chi connectivity index (χ4n) is 2.04. The summed E-state index contributed by atoms with van der Waals surface area (Å²) in [7, 11) is 3.43. The molecule has 0 aliphatic heterocycles. The lowest BCUT2D eigenvalue weighted by molar-refractivity contribution is 0.411. The van der Waals surface area contributed by atoms with Gasteiger partial charge in [0.25, 0.3) is 5.56 Å². The first kappa shape index (κ1) is 15.6. The predicted molar refractivity (Wildman–Crippen MR) is 86.0 cm³/mol. The van der Waals surface area contributed by atoms with Crippen LogP contribution in [-0.2, 0) is 19.2 Å². The second-order valence-corrected chi connectivity index (χ2v) is 5.72. The Morgan fingerprint density at radius 2 is 2.10 bits per heavy atom. The molecule has 1 aromatic carbocycles. The van der Waals surface area contributed by atoms with Crippen LogP contribution < -0.4 is 10.3 Å². The maximum absolute atomic E-state index is 12.0. The molecule has 4 nitrogen and oxygen atoms in total. The van der Waals surface area contributed by atoms with Crippen molar-refractivity contribution < 1.29 is 4.74 Å². The van der Waals surface area contributed by atoms with Gasteiger partial charge in [-0.3, -0.25) is 9.36 Å². The summed E-state index contributed by atoms with van der Waals surface area (Å²) in [6, 6.07) is 9.52. The quantitative estimate of drug-likeness (QED) is 0.608. The van der Waals surface area contributed by atoms with Gasteiger partial charge in [-0.2, -0.15) is 0 Å². The largest absolute Gasteiger partial charge is 0.496 e. The number of hydrogen-bond acceptors (Lipinski definition) is 4. The van der Waals surface area contributed by atoms with Gasteiger partial charge in [0, 0.05) is 30.1 Å². The molecule has 21 heavy (non-hydrogen) atoms. The number of aryl methyl sites for hydroxylation is 1. The van der Waals surface area contributed by atoms with Crippen LogP contribution in [0.2, 0.25) is 0 Å². The molecule has 0 saturated carbocycles. The van der Waals surface area contributed by atoms with Gasteiger partial charge in [-0.1, -0.05) is 43.3 Å². The highest BCUT2D eigenvalue weighted by Gasteiger charge is 2.08. The highest BCUT2D eigenvalue weighted by Crippen LogP contribution is 2.26. The van der Waals surface area contributed by atoms with E-state index >= 15 is 0 Å². The number of methoxy groups -OCH3 is 1. The third-order valence-electron chi connectivity index (χ3n) is 3.20. The molecule has 1 aromatic heterocycles. The van der Waals surface area contributed by atoms with E-state index in [2.05, 4.69) is 11.9 Å². The van der Waals surface area contributed by atoms with E-state index in [-0.39, 0.29) is 5.56 Å². The minimum absolute atomic E-state index is 0.00373. The summed E-state index contributed by atoms with van der Waals surface area (Å²) in [6.45, 7) is 2.08. The van der Waals surface area contributed by atoms with E-state index in [4.69, 9.17) is 4.74 Å². The molecule has 112 valence electrons. The van der Waals surface area contributed by atoms with E-state index in [0.717, 1.165) is 40.8 Å². The van der Waals surface area contributed by atoms with E-state index in [1.807, 2.05) is 24.3 Å². The molecule has 0 aliphatic carbocycles. The summed E-state index contributed by atoms with van der Waals surface area (Å²) >= 11 is 1.56. The van der Waals surface area contributed by atoms with Crippen LogP contribution in [0.25, 0.3) is 0 Å². The van der Waals surface area contributed by atoms with Crippen LogP contribution in [0.15, 0.2) is 40.3 Å². The van der Waals surface area contributed by atoms with Crippen LogP contribution in [0.3, 0.4) is 0 Å². The molecule has 1 heterocycles. The second-order valence-electron chi connectivity index (χ2n) is 4.78. The van der Waals surface area contributed by atoms with Crippen molar-refractivity contribution in [1.82, 2.24) is 9.55 Å². The molecule has 0 saturated heterocycles. The molecule has 2 aromatic rings. The van der Waals surface area contributed by atoms with E-state index < -0.39 is 0 Å². The minimum Gasteiger partial charge on any atom is -0.496 e. The Hall–Kier alpha value is -1.75. The van der Waals surface area contributed by atoms with Crippen LogP contribution in [0.4, 0.5) is 0 Å². The van der Waals surface area contributed by atoms with Gasteiger partial charge < -0.3 is 4.74 Å². The molecule has 0 amide bonds. The van der Waals surface area contributed by atoms with E-state index in [9.17, 15) is 4.79 Å². The molecule has 0 radical (unpaired) electrons. The number of thioether (sulfide) groups is 1. The maximum atomic E-state index is 12.0. The molecule has 0 bridgehead atoms. The average Bonchev–Trinajstić information content (AvgIpc) is 2.50. The maximum Gasteiger partial charge on any atom is 0.254 e. The van der Waals surface area contributed by atoms with Crippen LogP contribution >= 0.6 is 11.8 Å². The van der Waals surface area contributed by atoms with Gasteiger partial charge in [0.15, 0.2) is 5.16 Å². The molecule has 0 spiro atoms. The SMILES string of the molecule is CCCc1cc(=O)n(C)c(SCc2ccccc2OC)n1. The smallest absolute Gasteiger partial charge is 0.254 e. The lowest BCUT2D eigenvalue weighted by Crippen LogP contribution is -2.20. The second kappa shape index (κ2) is 7.31. The summed E-state index contributed by atoms with van der Waals surface area (Å²) in [4.78, 5) is 16.5. The van der Waals surface area contributed by atoms with Gasteiger partial charge in [0.05, 0.1) is 7.11 Å². The van der Waals surface area contributed by atoms with Crippen molar-refractivity contribution in [3.63, 3.8) is 0 Å². The van der Waals surface area contributed by atoms with Gasteiger partial charge in [-0.25, -0.2) is 4.98 Å². The molecular weight excluding hydrogens is 284 g/mol. The molecule has 0 atom stereocenters. The minimum atomic E-state index is -0.00373. The average molecular weight is 304 g/mol. The number of nitrogens with zero attached hydrogens (tertiary/aromatic N) is 2. The van der Waals surface area contributed by atoms with Crippen molar-refractivity contribution in [3.8, 4) is 5.75 Å². The Balaban J connectivity index is 2.21. The predicted octanol–water partition coefficient (Wildman–Crippen LogP) is 3.03. The van der Waals surface area contributed by atoms with Crippen molar-refractivity contribution in [2.75, 3.05) is 7.11 Å². The number of benzene rings is 1. The number of aromatic nitrogens is 2. The molecule has 2 rings (SSSR count). The first-order valence-corrected chi connectivity index (χ1v) is 7.96. The Morgan fingerprint density at radius 3 is 2.81 bits per heavy atom. The Kier molecular flexibility index (Phi) is 5.44. The van der Waals surface area contributed by atoms with Crippen molar-refractivity contribution in [3.05, 3.63) is 51.9 Å². The summed E-state index contributed by atoms with van der Waals surface area (Å²) in [5.74, 6) is 1.58. The summed E-state index contributed by atoms with van der Waals surface area (Å²) in [6.07, 6.45) is 1.81. The Morgan fingerprint density at radius 1 is 1.33 bits per heavy atom. The zero-order chi connectivity index (χ0) is 15.2. The molecule has 0 fully saturated rings. The highest BCUT2D eigenvalue weighted by atomic mass is 32.2. The van der Waals surface area contributed by atoms with E-state index in [0.29, 0.717) is 0 Å². The first-order chi connectivity index (χ1) is 10.2. The lowest BCUT2D eigenvalue weighted by atomic mass is 10.2. The van der Waals surface area contributed by atoms with Gasteiger partial charge >= 0.3 is 0 Å². The van der Waals surface area contributed by atoms with Gasteiger partial charge in [-0.15, -0.1) is 0 Å². The van der Waals surface area contributed by atoms with Crippen molar-refractivity contribution >= 4 is 11.8 Å². The van der Waals surface area contributed by atoms with E-state index in [1.54, 1.807) is 36.6 Å². The fraction of sp³-hybridized carbons (Fsp3) is 0.375. The highest BCUT2D eigenvalue weighted by molar-refractivity contribution is 7.98. The van der Waals surface area contributed by atoms with Crippen LogP contribution in [0.1, 0.15) is 24.6 Å². The van der Waals surface area contributed by atoms with Crippen LogP contribution in [0.5, 0.6) is 5.75 Å². The van der Waals surface area contributed by atoms with E-state index in [1.165, 1.54) is 0 Å². The van der Waals surface area contributed by atoms with Gasteiger partial charge in [-0.05, 0) is 12.5 Å². The summed E-state index contributed by atoms with van der Waals surface area (Å²) < 4.78 is 6.94. The van der Waals surface area contributed by atoms with Crippen molar-refractivity contribution in [2.24, 2.45) is 7.05 Å². The first-order valence-electron chi connectivity index (χ1n) is 6.97. The van der Waals surface area contributed by atoms with Gasteiger partial charge in [0.2, 0.25) is 0 Å². The lowest BCUT2D eigenvalue weighted by Gasteiger charge is -2.10. The topological polar surface area (TPSA) is 44.1 Å². The Bertz CT molecular complexity index is 668. The number of rotatable bonds is 6. The molecule has 0 unspecified atom stereocenters. The summed E-state index contributed by atoms with van der Waals surface area (Å²) in [5, 5.41) is 0.747. The monoisotopic (exact) mass is 304 g/mol. The number of hydrogen-bond donors (Lipinski definition) is 0. The fourth-order valence-corrected chi connectivity index (χ4v) is 3.03. The van der Waals surface area contributed by atoms with Crippen molar-refractivity contribution in [1.29, 1.82) is 0 Å². The molecule has 0 aliphatic rings. The third-order valence-corrected chi connectivity index (χ3v) is 4.28. The normalized spacial score (nSPS) is 10.6. The van der Waals surface area contributed by atoms with Gasteiger partial charge in [0.1, 0.15) is 5.75 Å². The number of ether oxygens (including phenoxy) is 1. The van der Waals surface area contributed by atoms with Crippen LogP contribution in [-0.4, -0.2) is 16.7 Å². The molecule has 0 N–H and O–H groups in total. The zero-order valence-corrected chi connectivity index (χ0v) is 13.4. The summed E-state index contributed by atoms with van der Waals surface area (Å²) in [5.41, 5.74) is 1.96. The Labute approximate surface area is 129 Å². The zero-order valence-electron chi connectivity index (χ0n) is 12.6.